The molecule has 2 aromatic rings. The van der Waals surface area contributed by atoms with Crippen molar-refractivity contribution in [2.45, 2.75) is 78.4 Å². The molecule has 2 aromatic carbocycles. The summed E-state index contributed by atoms with van der Waals surface area (Å²) in [6, 6.07) is 4.72. The summed E-state index contributed by atoms with van der Waals surface area (Å²) < 4.78 is 22.1. The molecule has 1 aliphatic rings. The van der Waals surface area contributed by atoms with Crippen molar-refractivity contribution in [2.75, 3.05) is 33.8 Å². The molecule has 45 heavy (non-hydrogen) atoms. The number of rotatable bonds is 13. The van der Waals surface area contributed by atoms with E-state index in [4.69, 9.17) is 18.9 Å². The van der Waals surface area contributed by atoms with E-state index >= 15 is 0 Å². The monoisotopic (exact) mass is 625 g/mol. The minimum Gasteiger partial charge on any atom is -0.493 e. The number of anilines is 1. The average molecular weight is 626 g/mol. The molecule has 11 heteroatoms. The Bertz CT molecular complexity index is 1460. The standard InChI is InChI=1S/C34H47N3O8/c1-10-18(3)29(33(40)37-30(19(4)11-2)34(41)45-9)36-25-15-13-22-23(17-26(25)39)24(35-20(5)38)14-12-21-16-27(42-6)31(43-7)32(44-8)28(21)22/h13,15-19,24,29-30H,10-12,14H2,1-9H3,(H,35,38)(H,36,39)(H,37,40)/t18-,19+,24-,29-,30-/m0/s1. The number of fused-ring (bicyclic) bond motifs is 3. The minimum absolute atomic E-state index is 0.157. The van der Waals surface area contributed by atoms with Gasteiger partial charge in [-0.05, 0) is 59.6 Å². The maximum atomic E-state index is 13.9. The second kappa shape index (κ2) is 15.6. The lowest BCUT2D eigenvalue weighted by Crippen LogP contribution is -2.52. The summed E-state index contributed by atoms with van der Waals surface area (Å²) >= 11 is 0. The summed E-state index contributed by atoms with van der Waals surface area (Å²) in [7, 11) is 5.91. The fourth-order valence-electron chi connectivity index (χ4n) is 5.74. The number of amides is 2. The Morgan fingerprint density at radius 3 is 2.11 bits per heavy atom. The summed E-state index contributed by atoms with van der Waals surface area (Å²) in [5.41, 5.74) is 2.76. The number of carbonyl (C=O) groups is 3. The van der Waals surface area contributed by atoms with Gasteiger partial charge in [0.2, 0.25) is 23.0 Å². The summed E-state index contributed by atoms with van der Waals surface area (Å²) in [5.74, 6) is -0.152. The molecule has 0 fully saturated rings. The molecule has 11 nitrogen and oxygen atoms in total. The van der Waals surface area contributed by atoms with Gasteiger partial charge in [-0.25, -0.2) is 4.79 Å². The highest BCUT2D eigenvalue weighted by Gasteiger charge is 2.33. The number of hydrogen-bond donors (Lipinski definition) is 3. The lowest BCUT2D eigenvalue weighted by Gasteiger charge is -2.28. The van der Waals surface area contributed by atoms with Crippen LogP contribution in [0.15, 0.2) is 29.1 Å². The zero-order valence-electron chi connectivity index (χ0n) is 27.8. The molecule has 3 rings (SSSR count). The Morgan fingerprint density at radius 2 is 1.56 bits per heavy atom. The van der Waals surface area contributed by atoms with Crippen LogP contribution in [0.2, 0.25) is 0 Å². The molecular formula is C34H47N3O8. The highest BCUT2D eigenvalue weighted by Crippen LogP contribution is 2.50. The summed E-state index contributed by atoms with van der Waals surface area (Å²) in [6.45, 7) is 9.10. The first-order chi connectivity index (χ1) is 21.4. The Labute approximate surface area is 265 Å². The molecule has 246 valence electrons. The van der Waals surface area contributed by atoms with Crippen molar-refractivity contribution < 1.29 is 33.3 Å². The molecule has 1 aliphatic carbocycles. The van der Waals surface area contributed by atoms with Crippen molar-refractivity contribution in [3.63, 3.8) is 0 Å². The fourth-order valence-corrected chi connectivity index (χ4v) is 5.74. The van der Waals surface area contributed by atoms with Crippen LogP contribution in [0.3, 0.4) is 0 Å². The number of methoxy groups -OCH3 is 4. The van der Waals surface area contributed by atoms with E-state index in [2.05, 4.69) is 16.0 Å². The van der Waals surface area contributed by atoms with E-state index in [-0.39, 0.29) is 28.9 Å². The first kappa shape index (κ1) is 35.2. The molecule has 0 saturated carbocycles. The van der Waals surface area contributed by atoms with Crippen molar-refractivity contribution in [3.05, 3.63) is 45.6 Å². The summed E-state index contributed by atoms with van der Waals surface area (Å²) in [4.78, 5) is 52.3. The zero-order valence-corrected chi connectivity index (χ0v) is 27.8. The van der Waals surface area contributed by atoms with E-state index in [0.717, 1.165) is 11.1 Å². The largest absolute Gasteiger partial charge is 0.493 e. The van der Waals surface area contributed by atoms with Crippen LogP contribution in [0.1, 0.15) is 71.0 Å². The second-order valence-corrected chi connectivity index (χ2v) is 11.5. The van der Waals surface area contributed by atoms with Gasteiger partial charge in [0.25, 0.3) is 0 Å². The summed E-state index contributed by atoms with van der Waals surface area (Å²) in [5, 5.41) is 9.04. The summed E-state index contributed by atoms with van der Waals surface area (Å²) in [6.07, 6.45) is 2.39. The molecule has 5 atom stereocenters. The number of aryl methyl sites for hydroxylation is 1. The van der Waals surface area contributed by atoms with Gasteiger partial charge in [-0.1, -0.05) is 46.6 Å². The third kappa shape index (κ3) is 7.69. The smallest absolute Gasteiger partial charge is 0.328 e. The highest BCUT2D eigenvalue weighted by molar-refractivity contribution is 5.90. The number of ether oxygens (including phenoxy) is 4. The normalized spacial score (nSPS) is 16.3. The predicted molar refractivity (Wildman–Crippen MR) is 173 cm³/mol. The van der Waals surface area contributed by atoms with Gasteiger partial charge in [-0.2, -0.15) is 0 Å². The van der Waals surface area contributed by atoms with E-state index < -0.39 is 30.0 Å². The quantitative estimate of drug-likeness (QED) is 0.276. The van der Waals surface area contributed by atoms with Gasteiger partial charge in [0.1, 0.15) is 12.1 Å². The topological polar surface area (TPSA) is 141 Å². The third-order valence-electron chi connectivity index (χ3n) is 8.69. The minimum atomic E-state index is -0.829. The maximum Gasteiger partial charge on any atom is 0.328 e. The van der Waals surface area contributed by atoms with E-state index in [0.29, 0.717) is 54.1 Å². The SMILES string of the molecule is CC[C@@H](C)[C@H](NC(=O)[C@@H](Nc1ccc2c(cc1=O)[C@@H](NC(C)=O)CCc1cc(OC)c(OC)c(OC)c1-2)[C@@H](C)CC)C(=O)OC. The van der Waals surface area contributed by atoms with E-state index in [1.54, 1.807) is 26.4 Å². The van der Waals surface area contributed by atoms with Gasteiger partial charge in [0, 0.05) is 12.5 Å². The Morgan fingerprint density at radius 1 is 0.911 bits per heavy atom. The van der Waals surface area contributed by atoms with Gasteiger partial charge in [0.15, 0.2) is 11.5 Å². The molecule has 2 amide bonds. The first-order valence-corrected chi connectivity index (χ1v) is 15.4. The van der Waals surface area contributed by atoms with Crippen LogP contribution in [0.4, 0.5) is 5.69 Å². The molecule has 0 saturated heterocycles. The lowest BCUT2D eigenvalue weighted by molar-refractivity contribution is -0.146. The van der Waals surface area contributed by atoms with Gasteiger partial charge in [-0.3, -0.25) is 14.4 Å². The van der Waals surface area contributed by atoms with Crippen molar-refractivity contribution in [2.24, 2.45) is 11.8 Å². The number of hydrogen-bond acceptors (Lipinski definition) is 9. The van der Waals surface area contributed by atoms with Crippen molar-refractivity contribution in [1.29, 1.82) is 0 Å². The van der Waals surface area contributed by atoms with Gasteiger partial charge < -0.3 is 34.9 Å². The molecular weight excluding hydrogens is 578 g/mol. The van der Waals surface area contributed by atoms with Crippen LogP contribution >= 0.6 is 0 Å². The van der Waals surface area contributed by atoms with E-state index in [1.807, 2.05) is 33.8 Å². The maximum absolute atomic E-state index is 13.9. The van der Waals surface area contributed by atoms with Crippen LogP contribution in [0.25, 0.3) is 11.1 Å². The Kier molecular flexibility index (Phi) is 12.2. The van der Waals surface area contributed by atoms with Gasteiger partial charge in [0.05, 0.1) is 40.2 Å². The second-order valence-electron chi connectivity index (χ2n) is 11.5. The molecule has 0 heterocycles. The third-order valence-corrected chi connectivity index (χ3v) is 8.69. The fraction of sp³-hybridized carbons (Fsp3) is 0.529. The molecule has 0 aliphatic heterocycles. The number of carbonyl (C=O) groups excluding carboxylic acids is 3. The zero-order chi connectivity index (χ0) is 33.4. The van der Waals surface area contributed by atoms with Crippen LogP contribution < -0.4 is 35.6 Å². The molecule has 0 bridgehead atoms. The molecule has 0 unspecified atom stereocenters. The van der Waals surface area contributed by atoms with Crippen LogP contribution in [0.5, 0.6) is 17.2 Å². The number of nitrogens with one attached hydrogen (secondary N) is 3. The number of esters is 1. The van der Waals surface area contributed by atoms with Gasteiger partial charge in [-0.15, -0.1) is 0 Å². The van der Waals surface area contributed by atoms with Crippen molar-refractivity contribution >= 4 is 23.5 Å². The van der Waals surface area contributed by atoms with Gasteiger partial charge >= 0.3 is 5.97 Å². The Balaban J connectivity index is 2.21. The Hall–Kier alpha value is -4.28. The van der Waals surface area contributed by atoms with E-state index in [9.17, 15) is 19.2 Å². The molecule has 0 aromatic heterocycles. The van der Waals surface area contributed by atoms with E-state index in [1.165, 1.54) is 27.2 Å². The average Bonchev–Trinajstić information content (AvgIpc) is 3.28. The molecule has 0 spiro atoms. The molecule has 3 N–H and O–H groups in total. The van der Waals surface area contributed by atoms with Crippen LogP contribution in [-0.4, -0.2) is 58.3 Å². The van der Waals surface area contributed by atoms with Crippen LogP contribution in [0, 0.1) is 11.8 Å². The first-order valence-electron chi connectivity index (χ1n) is 15.4. The van der Waals surface area contributed by atoms with Crippen molar-refractivity contribution in [1.82, 2.24) is 10.6 Å². The van der Waals surface area contributed by atoms with Crippen LogP contribution in [-0.2, 0) is 25.5 Å². The molecule has 0 radical (unpaired) electrons. The predicted octanol–water partition coefficient (Wildman–Crippen LogP) is 4.39. The lowest BCUT2D eigenvalue weighted by atomic mass is 9.95. The highest BCUT2D eigenvalue weighted by atomic mass is 16.5. The van der Waals surface area contributed by atoms with Crippen molar-refractivity contribution in [3.8, 4) is 28.4 Å². The number of benzene rings is 1.